The number of nitrogens with one attached hydrogen (secondary N) is 1. The van der Waals surface area contributed by atoms with Gasteiger partial charge in [-0.3, -0.25) is 4.68 Å². The molecule has 0 aliphatic carbocycles. The standard InChI is InChI=1S/C19H19ClN4O/c1-23(19(25)22-18-9-7-17(20)8-10-18)12-16-11-21-24(14-16)13-15-5-3-2-4-6-15/h2-11,14H,12-13H2,1H3,(H,22,25). The number of benzene rings is 2. The highest BCUT2D eigenvalue weighted by Crippen LogP contribution is 2.14. The highest BCUT2D eigenvalue weighted by Gasteiger charge is 2.11. The molecule has 0 aliphatic rings. The second-order valence-corrected chi connectivity index (χ2v) is 6.26. The second kappa shape index (κ2) is 7.85. The Bertz CT molecular complexity index is 830. The Morgan fingerprint density at radius 2 is 1.84 bits per heavy atom. The molecule has 3 aromatic rings. The molecular weight excluding hydrogens is 336 g/mol. The Kier molecular flexibility index (Phi) is 5.36. The van der Waals surface area contributed by atoms with E-state index in [1.54, 1.807) is 42.4 Å². The van der Waals surface area contributed by atoms with E-state index in [2.05, 4.69) is 22.5 Å². The molecule has 2 aromatic carbocycles. The van der Waals surface area contributed by atoms with E-state index in [0.717, 1.165) is 5.56 Å². The topological polar surface area (TPSA) is 50.2 Å². The van der Waals surface area contributed by atoms with Crippen LogP contribution in [0.2, 0.25) is 5.02 Å². The first-order valence-electron chi connectivity index (χ1n) is 7.93. The molecule has 5 nitrogen and oxygen atoms in total. The molecule has 0 radical (unpaired) electrons. The number of hydrogen-bond donors (Lipinski definition) is 1. The molecule has 1 N–H and O–H groups in total. The number of rotatable bonds is 5. The van der Waals surface area contributed by atoms with Gasteiger partial charge in [-0.1, -0.05) is 41.9 Å². The van der Waals surface area contributed by atoms with Crippen LogP contribution in [-0.4, -0.2) is 27.8 Å². The van der Waals surface area contributed by atoms with E-state index in [1.807, 2.05) is 29.1 Å². The number of carbonyl (C=O) groups excluding carboxylic acids is 1. The lowest BCUT2D eigenvalue weighted by atomic mass is 10.2. The number of nitrogens with zero attached hydrogens (tertiary/aromatic N) is 3. The quantitative estimate of drug-likeness (QED) is 0.744. The molecule has 0 saturated carbocycles. The second-order valence-electron chi connectivity index (χ2n) is 5.82. The van der Waals surface area contributed by atoms with Gasteiger partial charge in [-0.15, -0.1) is 0 Å². The maximum Gasteiger partial charge on any atom is 0.321 e. The van der Waals surface area contributed by atoms with E-state index < -0.39 is 0 Å². The minimum atomic E-state index is -0.182. The molecule has 0 fully saturated rings. The van der Waals surface area contributed by atoms with Crippen molar-refractivity contribution in [3.05, 3.63) is 83.1 Å². The van der Waals surface area contributed by atoms with Gasteiger partial charge in [0.15, 0.2) is 0 Å². The zero-order valence-electron chi connectivity index (χ0n) is 13.9. The van der Waals surface area contributed by atoms with Gasteiger partial charge in [-0.25, -0.2) is 4.79 Å². The smallest absolute Gasteiger partial charge is 0.321 e. The van der Waals surface area contributed by atoms with Gasteiger partial charge in [0.05, 0.1) is 19.3 Å². The van der Waals surface area contributed by atoms with Crippen LogP contribution < -0.4 is 5.32 Å². The van der Waals surface area contributed by atoms with Crippen LogP contribution in [0, 0.1) is 0 Å². The first-order chi connectivity index (χ1) is 12.1. The Labute approximate surface area is 151 Å². The maximum atomic E-state index is 12.3. The summed E-state index contributed by atoms with van der Waals surface area (Å²) >= 11 is 5.85. The zero-order valence-corrected chi connectivity index (χ0v) is 14.6. The highest BCUT2D eigenvalue weighted by atomic mass is 35.5. The molecular formula is C19H19ClN4O. The molecule has 0 bridgehead atoms. The number of carbonyl (C=O) groups is 1. The molecule has 1 aromatic heterocycles. The first-order valence-corrected chi connectivity index (χ1v) is 8.31. The van der Waals surface area contributed by atoms with Gasteiger partial charge in [-0.2, -0.15) is 5.10 Å². The number of aromatic nitrogens is 2. The van der Waals surface area contributed by atoms with Gasteiger partial charge in [0.2, 0.25) is 0 Å². The van der Waals surface area contributed by atoms with Gasteiger partial charge >= 0.3 is 6.03 Å². The Morgan fingerprint density at radius 1 is 1.12 bits per heavy atom. The fraction of sp³-hybridized carbons (Fsp3) is 0.158. The summed E-state index contributed by atoms with van der Waals surface area (Å²) < 4.78 is 1.87. The number of halogens is 1. The molecule has 128 valence electrons. The molecule has 0 spiro atoms. The number of amides is 2. The van der Waals surface area contributed by atoms with E-state index in [4.69, 9.17) is 11.6 Å². The fourth-order valence-electron chi connectivity index (χ4n) is 2.44. The van der Waals surface area contributed by atoms with E-state index in [9.17, 15) is 4.79 Å². The van der Waals surface area contributed by atoms with Gasteiger partial charge in [-0.05, 0) is 29.8 Å². The van der Waals surface area contributed by atoms with Crippen LogP contribution in [-0.2, 0) is 13.1 Å². The van der Waals surface area contributed by atoms with Gasteiger partial charge in [0.1, 0.15) is 0 Å². The van der Waals surface area contributed by atoms with Crippen LogP contribution in [0.5, 0.6) is 0 Å². The SMILES string of the molecule is CN(Cc1cnn(Cc2ccccc2)c1)C(=O)Nc1ccc(Cl)cc1. The monoisotopic (exact) mass is 354 g/mol. The molecule has 6 heteroatoms. The summed E-state index contributed by atoms with van der Waals surface area (Å²) in [6.45, 7) is 1.19. The number of hydrogen-bond acceptors (Lipinski definition) is 2. The van der Waals surface area contributed by atoms with Gasteiger partial charge in [0, 0.05) is 29.5 Å². The van der Waals surface area contributed by atoms with Crippen molar-refractivity contribution in [3.8, 4) is 0 Å². The lowest BCUT2D eigenvalue weighted by Gasteiger charge is -2.17. The minimum absolute atomic E-state index is 0.182. The molecule has 0 aliphatic heterocycles. The Hall–Kier alpha value is -2.79. The van der Waals surface area contributed by atoms with Gasteiger partial charge < -0.3 is 10.2 Å². The van der Waals surface area contributed by atoms with Crippen molar-refractivity contribution in [1.82, 2.24) is 14.7 Å². The summed E-state index contributed by atoms with van der Waals surface area (Å²) in [5, 5.41) is 7.83. The van der Waals surface area contributed by atoms with Crippen molar-refractivity contribution >= 4 is 23.3 Å². The van der Waals surface area contributed by atoms with Crippen molar-refractivity contribution < 1.29 is 4.79 Å². The molecule has 0 saturated heterocycles. The van der Waals surface area contributed by atoms with E-state index in [-0.39, 0.29) is 6.03 Å². The largest absolute Gasteiger partial charge is 0.323 e. The highest BCUT2D eigenvalue weighted by molar-refractivity contribution is 6.30. The molecule has 25 heavy (non-hydrogen) atoms. The third-order valence-corrected chi connectivity index (χ3v) is 3.99. The average molecular weight is 355 g/mol. The van der Waals surface area contributed by atoms with Crippen molar-refractivity contribution in [2.24, 2.45) is 0 Å². The molecule has 0 atom stereocenters. The third-order valence-electron chi connectivity index (χ3n) is 3.74. The fourth-order valence-corrected chi connectivity index (χ4v) is 2.57. The summed E-state index contributed by atoms with van der Waals surface area (Å²) in [4.78, 5) is 13.9. The normalized spacial score (nSPS) is 10.5. The van der Waals surface area contributed by atoms with Crippen molar-refractivity contribution in [1.29, 1.82) is 0 Å². The van der Waals surface area contributed by atoms with Crippen molar-refractivity contribution in [3.63, 3.8) is 0 Å². The zero-order chi connectivity index (χ0) is 17.6. The van der Waals surface area contributed by atoms with Crippen molar-refractivity contribution in [2.45, 2.75) is 13.1 Å². The summed E-state index contributed by atoms with van der Waals surface area (Å²) in [5.41, 5.74) is 2.87. The van der Waals surface area contributed by atoms with Gasteiger partial charge in [0.25, 0.3) is 0 Å². The summed E-state index contributed by atoms with van der Waals surface area (Å²) in [6.07, 6.45) is 3.74. The first kappa shape index (κ1) is 17.0. The summed E-state index contributed by atoms with van der Waals surface area (Å²) in [7, 11) is 1.75. The molecule has 1 heterocycles. The summed E-state index contributed by atoms with van der Waals surface area (Å²) in [6, 6.07) is 17.0. The Morgan fingerprint density at radius 3 is 2.56 bits per heavy atom. The van der Waals surface area contributed by atoms with Crippen LogP contribution in [0.4, 0.5) is 10.5 Å². The van der Waals surface area contributed by atoms with Crippen LogP contribution in [0.15, 0.2) is 67.0 Å². The van der Waals surface area contributed by atoms with Crippen LogP contribution in [0.25, 0.3) is 0 Å². The number of urea groups is 1. The lowest BCUT2D eigenvalue weighted by Crippen LogP contribution is -2.30. The molecule has 0 unspecified atom stereocenters. The van der Waals surface area contributed by atoms with Crippen molar-refractivity contribution in [2.75, 3.05) is 12.4 Å². The van der Waals surface area contributed by atoms with Crippen LogP contribution in [0.3, 0.4) is 0 Å². The lowest BCUT2D eigenvalue weighted by molar-refractivity contribution is 0.220. The molecule has 2 amide bonds. The average Bonchev–Trinajstić information content (AvgIpc) is 3.04. The minimum Gasteiger partial charge on any atom is -0.323 e. The van der Waals surface area contributed by atoms with E-state index >= 15 is 0 Å². The predicted molar refractivity (Wildman–Crippen MR) is 99.7 cm³/mol. The Balaban J connectivity index is 1.56. The molecule has 3 rings (SSSR count). The maximum absolute atomic E-state index is 12.3. The predicted octanol–water partition coefficient (Wildman–Crippen LogP) is 4.25. The van der Waals surface area contributed by atoms with Crippen LogP contribution >= 0.6 is 11.6 Å². The van der Waals surface area contributed by atoms with E-state index in [1.165, 1.54) is 5.56 Å². The third kappa shape index (κ3) is 4.84. The number of anilines is 1. The van der Waals surface area contributed by atoms with E-state index in [0.29, 0.717) is 23.8 Å². The van der Waals surface area contributed by atoms with Crippen LogP contribution in [0.1, 0.15) is 11.1 Å². The summed E-state index contributed by atoms with van der Waals surface area (Å²) in [5.74, 6) is 0.